The number of hydrogen-bond acceptors (Lipinski definition) is 4. The Balaban J connectivity index is 1.54. The molecule has 1 aromatic carbocycles. The number of carboxylic acids is 1. The maximum atomic E-state index is 12.7. The lowest BCUT2D eigenvalue weighted by molar-refractivity contribution is -0.140. The van der Waals surface area contributed by atoms with Crippen LogP contribution >= 0.6 is 11.6 Å². The fourth-order valence-corrected chi connectivity index (χ4v) is 3.90. The first-order valence-corrected chi connectivity index (χ1v) is 8.63. The number of nitrogens with zero attached hydrogens (tertiary/aromatic N) is 4. The van der Waals surface area contributed by atoms with Gasteiger partial charge in [0.15, 0.2) is 0 Å². The number of hydrogen-bond donors (Lipinski definition) is 1. The molecule has 0 aliphatic carbocycles. The van der Waals surface area contributed by atoms with Crippen molar-refractivity contribution in [2.45, 2.75) is 31.2 Å². The minimum absolute atomic E-state index is 0.00401. The highest BCUT2D eigenvalue weighted by Crippen LogP contribution is 2.33. The van der Waals surface area contributed by atoms with Crippen LogP contribution in [0.2, 0.25) is 5.02 Å². The summed E-state index contributed by atoms with van der Waals surface area (Å²) in [4.78, 5) is 25.9. The lowest BCUT2D eigenvalue weighted by Crippen LogP contribution is -2.29. The molecular formula is C17H17ClN4O3. The molecule has 1 aromatic heterocycles. The molecule has 2 aliphatic heterocycles. The largest absolute Gasteiger partial charge is 0.480 e. The summed E-state index contributed by atoms with van der Waals surface area (Å²) in [5, 5.41) is 18.3. The van der Waals surface area contributed by atoms with Crippen LogP contribution in [0.3, 0.4) is 0 Å². The second kappa shape index (κ2) is 6.15. The van der Waals surface area contributed by atoms with Crippen LogP contribution in [0.1, 0.15) is 46.8 Å². The lowest BCUT2D eigenvalue weighted by atomic mass is 10.1. The highest BCUT2D eigenvalue weighted by Gasteiger charge is 2.37. The third-order valence-electron chi connectivity index (χ3n) is 4.94. The van der Waals surface area contributed by atoms with E-state index in [9.17, 15) is 14.7 Å². The number of likely N-dealkylation sites (tertiary alicyclic amines) is 1. The Morgan fingerprint density at radius 1 is 1.24 bits per heavy atom. The molecule has 0 radical (unpaired) electrons. The number of benzene rings is 1. The highest BCUT2D eigenvalue weighted by atomic mass is 35.5. The molecule has 1 fully saturated rings. The van der Waals surface area contributed by atoms with Crippen LogP contribution in [-0.2, 0) is 11.2 Å². The van der Waals surface area contributed by atoms with Crippen LogP contribution in [-0.4, -0.2) is 49.7 Å². The minimum Gasteiger partial charge on any atom is -0.480 e. The normalized spacial score (nSPS) is 22.2. The topological polar surface area (TPSA) is 88.3 Å². The van der Waals surface area contributed by atoms with E-state index in [0.717, 1.165) is 12.2 Å². The van der Waals surface area contributed by atoms with Crippen LogP contribution in [0.25, 0.3) is 0 Å². The number of carbonyl (C=O) groups excluding carboxylic acids is 1. The zero-order valence-corrected chi connectivity index (χ0v) is 14.2. The van der Waals surface area contributed by atoms with Crippen LogP contribution in [0.4, 0.5) is 0 Å². The zero-order valence-electron chi connectivity index (χ0n) is 13.4. The van der Waals surface area contributed by atoms with E-state index >= 15 is 0 Å². The van der Waals surface area contributed by atoms with Gasteiger partial charge in [0.1, 0.15) is 17.7 Å². The number of amides is 1. The summed E-state index contributed by atoms with van der Waals surface area (Å²) in [6.45, 7) is 1.12. The van der Waals surface area contributed by atoms with E-state index < -0.39 is 12.0 Å². The molecule has 0 saturated carbocycles. The minimum atomic E-state index is -0.857. The number of halogens is 1. The maximum Gasteiger partial charge on any atom is 0.326 e. The average Bonchev–Trinajstić information content (AvgIpc) is 3.29. The van der Waals surface area contributed by atoms with E-state index in [1.54, 1.807) is 33.7 Å². The number of aryl methyl sites for hydroxylation is 1. The Morgan fingerprint density at radius 2 is 2.08 bits per heavy atom. The number of aliphatic carboxylic acids is 1. The Bertz CT molecular complexity index is 850. The Labute approximate surface area is 149 Å². The second-order valence-corrected chi connectivity index (χ2v) is 6.92. The number of carbonyl (C=O) groups is 2. The fraction of sp³-hybridized carbons (Fsp3) is 0.412. The number of rotatable bonds is 3. The van der Waals surface area contributed by atoms with Gasteiger partial charge >= 0.3 is 5.97 Å². The summed E-state index contributed by atoms with van der Waals surface area (Å²) in [5.41, 5.74) is 0.558. The number of fused-ring (bicyclic) bond motifs is 1. The standard InChI is InChI=1S/C17H17ClN4O3/c18-12-3-1-2-10(8-12)16(23)21-7-6-11(9-21)15-20-19-14-5-4-13(17(24)25)22(14)15/h1-3,8,11,13H,4-7,9H2,(H,24,25). The van der Waals surface area contributed by atoms with Gasteiger partial charge in [-0.15, -0.1) is 10.2 Å². The molecule has 1 amide bonds. The third kappa shape index (κ3) is 2.78. The molecule has 0 spiro atoms. The van der Waals surface area contributed by atoms with E-state index in [0.29, 0.717) is 42.3 Å². The highest BCUT2D eigenvalue weighted by molar-refractivity contribution is 6.30. The quantitative estimate of drug-likeness (QED) is 0.905. The van der Waals surface area contributed by atoms with Crippen molar-refractivity contribution in [2.24, 2.45) is 0 Å². The Morgan fingerprint density at radius 3 is 2.84 bits per heavy atom. The summed E-state index contributed by atoms with van der Waals surface area (Å²) in [5.74, 6) is 0.484. The van der Waals surface area contributed by atoms with E-state index in [4.69, 9.17) is 11.6 Å². The molecule has 1 N–H and O–H groups in total. The summed E-state index contributed by atoms with van der Waals surface area (Å²) in [7, 11) is 0. The average molecular weight is 361 g/mol. The van der Waals surface area contributed by atoms with Crippen LogP contribution in [0.5, 0.6) is 0 Å². The van der Waals surface area contributed by atoms with Gasteiger partial charge in [0, 0.05) is 36.0 Å². The number of carboxylic acid groups (broad SMARTS) is 1. The van der Waals surface area contributed by atoms with Gasteiger partial charge in [-0.3, -0.25) is 4.79 Å². The summed E-state index contributed by atoms with van der Waals surface area (Å²) < 4.78 is 1.75. The van der Waals surface area contributed by atoms with Crippen molar-refractivity contribution in [3.63, 3.8) is 0 Å². The molecule has 3 heterocycles. The molecule has 8 heteroatoms. The summed E-state index contributed by atoms with van der Waals surface area (Å²) in [6, 6.07) is 6.30. The molecule has 1 saturated heterocycles. The van der Waals surface area contributed by atoms with E-state index in [1.807, 2.05) is 0 Å². The van der Waals surface area contributed by atoms with Crippen molar-refractivity contribution >= 4 is 23.5 Å². The number of aromatic nitrogens is 3. The van der Waals surface area contributed by atoms with E-state index in [2.05, 4.69) is 10.2 Å². The molecular weight excluding hydrogens is 344 g/mol. The van der Waals surface area contributed by atoms with Crippen molar-refractivity contribution in [1.82, 2.24) is 19.7 Å². The molecule has 25 heavy (non-hydrogen) atoms. The molecule has 7 nitrogen and oxygen atoms in total. The first kappa shape index (κ1) is 16.1. The summed E-state index contributed by atoms with van der Waals surface area (Å²) >= 11 is 5.97. The molecule has 2 unspecified atom stereocenters. The van der Waals surface area contributed by atoms with Gasteiger partial charge in [0.05, 0.1) is 0 Å². The van der Waals surface area contributed by atoms with Gasteiger partial charge in [-0.05, 0) is 31.0 Å². The smallest absolute Gasteiger partial charge is 0.326 e. The Hall–Kier alpha value is -2.41. The van der Waals surface area contributed by atoms with Gasteiger partial charge in [0.25, 0.3) is 5.91 Å². The first-order valence-electron chi connectivity index (χ1n) is 8.26. The fourth-order valence-electron chi connectivity index (χ4n) is 3.71. The lowest BCUT2D eigenvalue weighted by Gasteiger charge is -2.17. The molecule has 2 aromatic rings. The molecule has 130 valence electrons. The zero-order chi connectivity index (χ0) is 17.6. The van der Waals surface area contributed by atoms with Gasteiger partial charge in [0.2, 0.25) is 0 Å². The van der Waals surface area contributed by atoms with E-state index in [1.165, 1.54) is 0 Å². The van der Waals surface area contributed by atoms with Crippen LogP contribution < -0.4 is 0 Å². The van der Waals surface area contributed by atoms with Crippen LogP contribution in [0.15, 0.2) is 24.3 Å². The van der Waals surface area contributed by atoms with Crippen molar-refractivity contribution in [3.05, 3.63) is 46.5 Å². The van der Waals surface area contributed by atoms with Crippen molar-refractivity contribution in [3.8, 4) is 0 Å². The van der Waals surface area contributed by atoms with Gasteiger partial charge in [-0.1, -0.05) is 17.7 Å². The van der Waals surface area contributed by atoms with Crippen molar-refractivity contribution in [2.75, 3.05) is 13.1 Å². The molecule has 2 aliphatic rings. The third-order valence-corrected chi connectivity index (χ3v) is 5.18. The molecule has 0 bridgehead atoms. The molecule has 4 rings (SSSR count). The van der Waals surface area contributed by atoms with Gasteiger partial charge in [-0.2, -0.15) is 0 Å². The maximum absolute atomic E-state index is 12.7. The monoisotopic (exact) mass is 360 g/mol. The van der Waals surface area contributed by atoms with Gasteiger partial charge in [-0.25, -0.2) is 4.79 Å². The first-order chi connectivity index (χ1) is 12.0. The van der Waals surface area contributed by atoms with E-state index in [-0.39, 0.29) is 11.8 Å². The predicted octanol–water partition coefficient (Wildman–Crippen LogP) is 2.13. The summed E-state index contributed by atoms with van der Waals surface area (Å²) in [6.07, 6.45) is 1.92. The molecule has 2 atom stereocenters. The second-order valence-electron chi connectivity index (χ2n) is 6.48. The van der Waals surface area contributed by atoms with Crippen molar-refractivity contribution in [1.29, 1.82) is 0 Å². The SMILES string of the molecule is O=C(O)C1CCc2nnc(C3CCN(C(=O)c4cccc(Cl)c4)C3)n21. The predicted molar refractivity (Wildman–Crippen MR) is 89.7 cm³/mol. The Kier molecular flexibility index (Phi) is 3.95. The van der Waals surface area contributed by atoms with Crippen LogP contribution in [0, 0.1) is 0 Å². The van der Waals surface area contributed by atoms with Crippen molar-refractivity contribution < 1.29 is 14.7 Å². The van der Waals surface area contributed by atoms with Gasteiger partial charge < -0.3 is 14.6 Å².